The number of hydrogen-bond donors (Lipinski definition) is 3. The number of halogens is 3. The van der Waals surface area contributed by atoms with E-state index in [9.17, 15) is 19.1 Å². The Labute approximate surface area is 204 Å². The van der Waals surface area contributed by atoms with E-state index in [4.69, 9.17) is 27.9 Å². The number of rotatable bonds is 5. The van der Waals surface area contributed by atoms with Crippen LogP contribution in [0.1, 0.15) is 77.8 Å². The molecule has 2 fully saturated rings. The molecule has 1 aromatic rings. The number of aliphatic hydroxyl groups excluding tert-OH is 1. The van der Waals surface area contributed by atoms with Crippen molar-refractivity contribution in [3.05, 3.63) is 33.6 Å². The lowest BCUT2D eigenvalue weighted by atomic mass is 9.76. The highest BCUT2D eigenvalue weighted by Crippen LogP contribution is 2.50. The van der Waals surface area contributed by atoms with Gasteiger partial charge in [-0.3, -0.25) is 4.79 Å². The maximum atomic E-state index is 14.9. The van der Waals surface area contributed by atoms with Crippen LogP contribution in [0.5, 0.6) is 0 Å². The maximum Gasteiger partial charge on any atom is 0.407 e. The van der Waals surface area contributed by atoms with Gasteiger partial charge in [0.05, 0.1) is 28.2 Å². The Morgan fingerprint density at radius 2 is 1.85 bits per heavy atom. The van der Waals surface area contributed by atoms with Crippen LogP contribution >= 0.6 is 23.2 Å². The lowest BCUT2D eigenvalue weighted by molar-refractivity contribution is -0.126. The number of carbonyl (C=O) groups is 2. The smallest absolute Gasteiger partial charge is 0.407 e. The number of ether oxygens (including phenoxy) is 1. The van der Waals surface area contributed by atoms with Gasteiger partial charge in [0.2, 0.25) is 5.91 Å². The molecule has 3 rings (SSSR count). The van der Waals surface area contributed by atoms with Gasteiger partial charge in [-0.1, -0.05) is 43.0 Å². The second-order valence-electron chi connectivity index (χ2n) is 10.5. The number of nitrogens with one attached hydrogen (secondary N) is 2. The van der Waals surface area contributed by atoms with Crippen molar-refractivity contribution in [3.63, 3.8) is 0 Å². The van der Waals surface area contributed by atoms with Gasteiger partial charge >= 0.3 is 6.09 Å². The molecule has 2 aliphatic carbocycles. The predicted octanol–water partition coefficient (Wildman–Crippen LogP) is 5.53. The van der Waals surface area contributed by atoms with Crippen LogP contribution in [0.2, 0.25) is 10.0 Å². The van der Waals surface area contributed by atoms with Crippen LogP contribution in [0.15, 0.2) is 12.1 Å². The Bertz CT molecular complexity index is 899. The second-order valence-corrected chi connectivity index (χ2v) is 11.3. The zero-order valence-corrected chi connectivity index (χ0v) is 21.0. The van der Waals surface area contributed by atoms with Gasteiger partial charge in [0.15, 0.2) is 0 Å². The molecule has 184 valence electrons. The van der Waals surface area contributed by atoms with Gasteiger partial charge in [-0.2, -0.15) is 0 Å². The summed E-state index contributed by atoms with van der Waals surface area (Å²) in [7, 11) is 0. The molecule has 9 heteroatoms. The fraction of sp³-hybridized carbons (Fsp3) is 0.667. The Balaban J connectivity index is 1.77. The molecule has 2 saturated carbocycles. The minimum absolute atomic E-state index is 0.103. The summed E-state index contributed by atoms with van der Waals surface area (Å²) in [5, 5.41) is 16.5. The molecule has 1 aromatic carbocycles. The van der Waals surface area contributed by atoms with Gasteiger partial charge in [0, 0.05) is 11.5 Å². The predicted molar refractivity (Wildman–Crippen MR) is 126 cm³/mol. The summed E-state index contributed by atoms with van der Waals surface area (Å²) >= 11 is 12.6. The van der Waals surface area contributed by atoms with Crippen LogP contribution in [0, 0.1) is 17.2 Å². The third-order valence-corrected chi connectivity index (χ3v) is 7.52. The molecule has 0 saturated heterocycles. The van der Waals surface area contributed by atoms with Crippen LogP contribution in [0.25, 0.3) is 0 Å². The average Bonchev–Trinajstić information content (AvgIpc) is 3.29. The Hall–Kier alpha value is -1.57. The van der Waals surface area contributed by atoms with Gasteiger partial charge < -0.3 is 20.5 Å². The van der Waals surface area contributed by atoms with Crippen molar-refractivity contribution < 1.29 is 23.8 Å². The molecule has 2 amide bonds. The second kappa shape index (κ2) is 9.96. The molecule has 0 heterocycles. The largest absolute Gasteiger partial charge is 0.444 e. The number of aliphatic hydroxyl groups is 1. The first-order chi connectivity index (χ1) is 15.3. The van der Waals surface area contributed by atoms with Crippen LogP contribution in [0.4, 0.5) is 9.18 Å². The van der Waals surface area contributed by atoms with Gasteiger partial charge in [-0.15, -0.1) is 0 Å². The highest BCUT2D eigenvalue weighted by atomic mass is 35.5. The lowest BCUT2D eigenvalue weighted by Crippen LogP contribution is -2.43. The Morgan fingerprint density at radius 1 is 1.21 bits per heavy atom. The third kappa shape index (κ3) is 6.11. The van der Waals surface area contributed by atoms with E-state index in [1.165, 1.54) is 12.1 Å². The molecule has 0 spiro atoms. The highest BCUT2D eigenvalue weighted by Gasteiger charge is 2.44. The fourth-order valence-electron chi connectivity index (χ4n) is 4.98. The zero-order chi connectivity index (χ0) is 24.6. The van der Waals surface area contributed by atoms with Crippen molar-refractivity contribution in [2.75, 3.05) is 0 Å². The van der Waals surface area contributed by atoms with Crippen molar-refractivity contribution in [1.29, 1.82) is 0 Å². The van der Waals surface area contributed by atoms with E-state index in [0.29, 0.717) is 0 Å². The van der Waals surface area contributed by atoms with Crippen LogP contribution in [-0.2, 0) is 9.53 Å². The first-order valence-electron chi connectivity index (χ1n) is 11.4. The summed E-state index contributed by atoms with van der Waals surface area (Å²) in [5.74, 6) is -1.37. The summed E-state index contributed by atoms with van der Waals surface area (Å²) in [6.07, 6.45) is 2.49. The van der Waals surface area contributed by atoms with E-state index < -0.39 is 41.6 Å². The number of amides is 2. The molecular formula is C24H33Cl2FN2O4. The average molecular weight is 503 g/mol. The minimum Gasteiger partial charge on any atom is -0.444 e. The molecule has 4 atom stereocenters. The quantitative estimate of drug-likeness (QED) is 0.461. The molecule has 33 heavy (non-hydrogen) atoms. The summed E-state index contributed by atoms with van der Waals surface area (Å²) in [6, 6.07) is 1.40. The molecule has 0 aliphatic heterocycles. The normalized spacial score (nSPS) is 25.5. The zero-order valence-electron chi connectivity index (χ0n) is 19.5. The monoisotopic (exact) mass is 502 g/mol. The molecule has 2 aliphatic rings. The Kier molecular flexibility index (Phi) is 7.86. The van der Waals surface area contributed by atoms with E-state index in [0.717, 1.165) is 25.7 Å². The molecule has 0 bridgehead atoms. The van der Waals surface area contributed by atoms with Crippen molar-refractivity contribution in [1.82, 2.24) is 10.6 Å². The number of hydrogen-bond acceptors (Lipinski definition) is 4. The van der Waals surface area contributed by atoms with E-state index in [2.05, 4.69) is 10.6 Å². The molecule has 0 radical (unpaired) electrons. The van der Waals surface area contributed by atoms with E-state index >= 15 is 0 Å². The SMILES string of the molecule is CC(C)(C)OC(=O)N[C@@H]1CC(C(=O)N[C@H](c2c(F)ccc(Cl)c2Cl)C2(C)CCCC2)C[C@H]1O. The summed E-state index contributed by atoms with van der Waals surface area (Å²) in [6.45, 7) is 7.27. The minimum atomic E-state index is -0.889. The van der Waals surface area contributed by atoms with Crippen LogP contribution in [0.3, 0.4) is 0 Å². The van der Waals surface area contributed by atoms with E-state index in [-0.39, 0.29) is 39.8 Å². The summed E-state index contributed by atoms with van der Waals surface area (Å²) < 4.78 is 20.2. The fourth-order valence-corrected chi connectivity index (χ4v) is 5.40. The van der Waals surface area contributed by atoms with Crippen molar-refractivity contribution in [2.45, 2.75) is 90.0 Å². The molecule has 0 aromatic heterocycles. The van der Waals surface area contributed by atoms with Gasteiger partial charge in [0.25, 0.3) is 0 Å². The molecule has 6 nitrogen and oxygen atoms in total. The highest BCUT2D eigenvalue weighted by molar-refractivity contribution is 6.42. The third-order valence-electron chi connectivity index (χ3n) is 6.70. The number of carbonyl (C=O) groups excluding carboxylic acids is 2. The van der Waals surface area contributed by atoms with E-state index in [1.807, 2.05) is 6.92 Å². The van der Waals surface area contributed by atoms with E-state index in [1.54, 1.807) is 20.8 Å². The van der Waals surface area contributed by atoms with Crippen molar-refractivity contribution >= 4 is 35.2 Å². The number of benzene rings is 1. The van der Waals surface area contributed by atoms with Crippen molar-refractivity contribution in [3.8, 4) is 0 Å². The molecule has 1 unspecified atom stereocenters. The maximum absolute atomic E-state index is 14.9. The lowest BCUT2D eigenvalue weighted by Gasteiger charge is -2.36. The van der Waals surface area contributed by atoms with Crippen molar-refractivity contribution in [2.24, 2.45) is 11.3 Å². The van der Waals surface area contributed by atoms with Gasteiger partial charge in [0.1, 0.15) is 11.4 Å². The standard InChI is InChI=1S/C24H33Cl2FN2O4/c1-23(2,3)33-22(32)28-16-11-13(12-17(16)30)21(31)29-20(24(4)9-5-6-10-24)18-15(27)8-7-14(25)19(18)26/h7-8,13,16-17,20,30H,5-6,9-12H2,1-4H3,(H,28,32)(H,29,31)/t13?,16-,17-,20-/m1/s1. The Morgan fingerprint density at radius 3 is 2.45 bits per heavy atom. The van der Waals surface area contributed by atoms with Gasteiger partial charge in [-0.05, 0) is 64.0 Å². The first kappa shape index (κ1) is 26.0. The van der Waals surface area contributed by atoms with Crippen LogP contribution in [-0.4, -0.2) is 34.9 Å². The summed E-state index contributed by atoms with van der Waals surface area (Å²) in [5.41, 5.74) is -0.853. The molecular weight excluding hydrogens is 470 g/mol. The molecule has 3 N–H and O–H groups in total. The first-order valence-corrected chi connectivity index (χ1v) is 12.2. The summed E-state index contributed by atoms with van der Waals surface area (Å²) in [4.78, 5) is 25.4. The topological polar surface area (TPSA) is 87.7 Å². The van der Waals surface area contributed by atoms with Crippen LogP contribution < -0.4 is 10.6 Å². The number of alkyl carbamates (subject to hydrolysis) is 1. The van der Waals surface area contributed by atoms with Gasteiger partial charge in [-0.25, -0.2) is 9.18 Å².